The van der Waals surface area contributed by atoms with Crippen molar-refractivity contribution in [1.82, 2.24) is 15.6 Å². The Bertz CT molecular complexity index is 477. The predicted octanol–water partition coefficient (Wildman–Crippen LogP) is 2.10. The standard InChI is InChI=1S/C12H16F3N3OS.ClH/c1-7(8-4-16-5-8)11(19)17-3-2-10-18-9(6-20-10)12(13,14)15;/h6-8,16H,2-5H2,1H3,(H,17,19);1H. The van der Waals surface area contributed by atoms with Gasteiger partial charge in [-0.3, -0.25) is 4.79 Å². The molecule has 2 heterocycles. The van der Waals surface area contributed by atoms with E-state index in [-0.39, 0.29) is 24.2 Å². The molecular formula is C12H17ClF3N3OS. The summed E-state index contributed by atoms with van der Waals surface area (Å²) in [6.07, 6.45) is -4.08. The Hall–Kier alpha value is -0.860. The molecule has 2 rings (SSSR count). The molecule has 1 fully saturated rings. The molecule has 0 saturated carbocycles. The highest BCUT2D eigenvalue weighted by molar-refractivity contribution is 7.09. The Labute approximate surface area is 130 Å². The van der Waals surface area contributed by atoms with Crippen LogP contribution in [0.15, 0.2) is 5.38 Å². The normalized spacial score (nSPS) is 16.8. The van der Waals surface area contributed by atoms with E-state index in [0.717, 1.165) is 29.8 Å². The fraction of sp³-hybridized carbons (Fsp3) is 0.667. The molecule has 1 amide bonds. The van der Waals surface area contributed by atoms with Crippen LogP contribution in [0.2, 0.25) is 0 Å². The third-order valence-electron chi connectivity index (χ3n) is 3.41. The number of amides is 1. The van der Waals surface area contributed by atoms with Gasteiger partial charge in [-0.1, -0.05) is 6.92 Å². The van der Waals surface area contributed by atoms with Gasteiger partial charge < -0.3 is 10.6 Å². The lowest BCUT2D eigenvalue weighted by molar-refractivity contribution is -0.140. The summed E-state index contributed by atoms with van der Waals surface area (Å²) in [5, 5.41) is 7.23. The number of nitrogens with zero attached hydrogens (tertiary/aromatic N) is 1. The van der Waals surface area contributed by atoms with Crippen LogP contribution in [0.1, 0.15) is 17.6 Å². The summed E-state index contributed by atoms with van der Waals surface area (Å²) in [6.45, 7) is 3.87. The second-order valence-electron chi connectivity index (χ2n) is 4.87. The molecule has 0 aromatic carbocycles. The van der Waals surface area contributed by atoms with Crippen LogP contribution in [0, 0.1) is 11.8 Å². The summed E-state index contributed by atoms with van der Waals surface area (Å²) in [6, 6.07) is 0. The van der Waals surface area contributed by atoms with E-state index in [1.165, 1.54) is 0 Å². The Morgan fingerprint density at radius 2 is 2.24 bits per heavy atom. The highest BCUT2D eigenvalue weighted by Gasteiger charge is 2.33. The summed E-state index contributed by atoms with van der Waals surface area (Å²) in [7, 11) is 0. The molecule has 1 aromatic rings. The molecular weight excluding hydrogens is 327 g/mol. The largest absolute Gasteiger partial charge is 0.434 e. The third-order valence-corrected chi connectivity index (χ3v) is 4.32. The number of hydrogen-bond acceptors (Lipinski definition) is 4. The van der Waals surface area contributed by atoms with Crippen molar-refractivity contribution in [3.8, 4) is 0 Å². The zero-order valence-electron chi connectivity index (χ0n) is 11.4. The molecule has 1 aliphatic heterocycles. The van der Waals surface area contributed by atoms with Crippen molar-refractivity contribution >= 4 is 29.7 Å². The number of alkyl halides is 3. The van der Waals surface area contributed by atoms with E-state index >= 15 is 0 Å². The predicted molar refractivity (Wildman–Crippen MR) is 76.6 cm³/mol. The van der Waals surface area contributed by atoms with Gasteiger partial charge in [-0.05, 0) is 19.0 Å². The fourth-order valence-corrected chi connectivity index (χ4v) is 2.69. The van der Waals surface area contributed by atoms with Gasteiger partial charge in [-0.15, -0.1) is 23.7 Å². The van der Waals surface area contributed by atoms with E-state index in [2.05, 4.69) is 15.6 Å². The minimum absolute atomic E-state index is 0. The van der Waals surface area contributed by atoms with Crippen LogP contribution in [0.3, 0.4) is 0 Å². The highest BCUT2D eigenvalue weighted by Crippen LogP contribution is 2.30. The molecule has 21 heavy (non-hydrogen) atoms. The van der Waals surface area contributed by atoms with Crippen LogP contribution in [0.4, 0.5) is 13.2 Å². The van der Waals surface area contributed by atoms with E-state index in [0.29, 0.717) is 23.9 Å². The first-order chi connectivity index (χ1) is 9.38. The first-order valence-corrected chi connectivity index (χ1v) is 7.26. The molecule has 0 spiro atoms. The number of aromatic nitrogens is 1. The summed E-state index contributed by atoms with van der Waals surface area (Å²) in [5.41, 5.74) is -0.863. The third kappa shape index (κ3) is 4.82. The van der Waals surface area contributed by atoms with Crippen molar-refractivity contribution in [3.63, 3.8) is 0 Å². The Kier molecular flexibility index (Phi) is 6.42. The molecule has 1 saturated heterocycles. The van der Waals surface area contributed by atoms with E-state index in [9.17, 15) is 18.0 Å². The average Bonchev–Trinajstić information content (AvgIpc) is 2.74. The van der Waals surface area contributed by atoms with Crippen LogP contribution in [-0.4, -0.2) is 30.5 Å². The monoisotopic (exact) mass is 343 g/mol. The lowest BCUT2D eigenvalue weighted by Gasteiger charge is -2.31. The average molecular weight is 344 g/mol. The van der Waals surface area contributed by atoms with E-state index < -0.39 is 11.9 Å². The van der Waals surface area contributed by atoms with E-state index in [1.807, 2.05) is 6.92 Å². The smallest absolute Gasteiger partial charge is 0.355 e. The lowest BCUT2D eigenvalue weighted by atomic mass is 9.88. The van der Waals surface area contributed by atoms with Crippen LogP contribution in [0.25, 0.3) is 0 Å². The molecule has 2 N–H and O–H groups in total. The van der Waals surface area contributed by atoms with Crippen LogP contribution < -0.4 is 10.6 Å². The van der Waals surface area contributed by atoms with Gasteiger partial charge in [-0.2, -0.15) is 13.2 Å². The van der Waals surface area contributed by atoms with Gasteiger partial charge in [0, 0.05) is 24.3 Å². The zero-order chi connectivity index (χ0) is 14.8. The fourth-order valence-electron chi connectivity index (χ4n) is 1.89. The van der Waals surface area contributed by atoms with Crippen molar-refractivity contribution in [2.75, 3.05) is 19.6 Å². The number of carbonyl (C=O) groups excluding carboxylic acids is 1. The number of rotatable bonds is 5. The topological polar surface area (TPSA) is 54.0 Å². The van der Waals surface area contributed by atoms with Gasteiger partial charge in [0.2, 0.25) is 5.91 Å². The van der Waals surface area contributed by atoms with Crippen molar-refractivity contribution in [2.24, 2.45) is 11.8 Å². The molecule has 4 nitrogen and oxygen atoms in total. The Morgan fingerprint density at radius 3 is 2.71 bits per heavy atom. The summed E-state index contributed by atoms with van der Waals surface area (Å²) in [5.74, 6) is 0.231. The number of thiazole rings is 1. The summed E-state index contributed by atoms with van der Waals surface area (Å²) < 4.78 is 37.1. The Morgan fingerprint density at radius 1 is 1.57 bits per heavy atom. The van der Waals surface area contributed by atoms with Crippen molar-refractivity contribution in [2.45, 2.75) is 19.5 Å². The Balaban J connectivity index is 0.00000220. The van der Waals surface area contributed by atoms with Gasteiger partial charge in [0.05, 0.1) is 5.01 Å². The molecule has 0 bridgehead atoms. The number of hydrogen-bond donors (Lipinski definition) is 2. The molecule has 1 aromatic heterocycles. The summed E-state index contributed by atoms with van der Waals surface area (Å²) >= 11 is 0.966. The lowest BCUT2D eigenvalue weighted by Crippen LogP contribution is -2.49. The number of halogens is 4. The maximum Gasteiger partial charge on any atom is 0.434 e. The zero-order valence-corrected chi connectivity index (χ0v) is 13.0. The molecule has 0 radical (unpaired) electrons. The molecule has 1 atom stereocenters. The van der Waals surface area contributed by atoms with Crippen molar-refractivity contribution < 1.29 is 18.0 Å². The van der Waals surface area contributed by atoms with Crippen molar-refractivity contribution in [3.05, 3.63) is 16.1 Å². The molecule has 9 heteroatoms. The first-order valence-electron chi connectivity index (χ1n) is 6.38. The van der Waals surface area contributed by atoms with Gasteiger partial charge in [0.25, 0.3) is 0 Å². The number of nitrogens with one attached hydrogen (secondary N) is 2. The summed E-state index contributed by atoms with van der Waals surface area (Å²) in [4.78, 5) is 15.3. The van der Waals surface area contributed by atoms with Gasteiger partial charge in [0.15, 0.2) is 5.69 Å². The van der Waals surface area contributed by atoms with Gasteiger partial charge in [-0.25, -0.2) is 4.98 Å². The second-order valence-corrected chi connectivity index (χ2v) is 5.81. The van der Waals surface area contributed by atoms with Gasteiger partial charge in [0.1, 0.15) is 0 Å². The molecule has 1 unspecified atom stereocenters. The maximum atomic E-state index is 12.4. The minimum Gasteiger partial charge on any atom is -0.355 e. The van der Waals surface area contributed by atoms with Crippen molar-refractivity contribution in [1.29, 1.82) is 0 Å². The van der Waals surface area contributed by atoms with Gasteiger partial charge >= 0.3 is 6.18 Å². The SMILES string of the molecule is CC(C(=O)NCCc1nc(C(F)(F)F)cs1)C1CNC1.Cl. The molecule has 0 aliphatic carbocycles. The van der Waals surface area contributed by atoms with Crippen LogP contribution in [0.5, 0.6) is 0 Å². The minimum atomic E-state index is -4.40. The molecule has 1 aliphatic rings. The van der Waals surface area contributed by atoms with E-state index in [1.54, 1.807) is 0 Å². The maximum absolute atomic E-state index is 12.4. The highest BCUT2D eigenvalue weighted by atomic mass is 35.5. The second kappa shape index (κ2) is 7.42. The number of carbonyl (C=O) groups is 1. The van der Waals surface area contributed by atoms with Crippen LogP contribution in [-0.2, 0) is 17.4 Å². The quantitative estimate of drug-likeness (QED) is 0.861. The first kappa shape index (κ1) is 18.2. The van der Waals surface area contributed by atoms with Crippen LogP contribution >= 0.6 is 23.7 Å². The van der Waals surface area contributed by atoms with E-state index in [4.69, 9.17) is 0 Å². The molecule has 120 valence electrons.